The number of rotatable bonds is 6. The molecule has 0 bridgehead atoms. The molecule has 1 heterocycles. The Kier molecular flexibility index (Phi) is 4.95. The van der Waals surface area contributed by atoms with Gasteiger partial charge in [-0.3, -0.25) is 9.59 Å². The third-order valence-corrected chi connectivity index (χ3v) is 2.78. The molecular formula is C13H19NO4. The second-order valence-electron chi connectivity index (χ2n) is 4.04. The second kappa shape index (κ2) is 6.23. The van der Waals surface area contributed by atoms with Crippen LogP contribution in [0, 0.1) is 6.92 Å². The first-order chi connectivity index (χ1) is 8.54. The van der Waals surface area contributed by atoms with Crippen LogP contribution in [0.5, 0.6) is 0 Å². The number of ketones is 1. The number of aromatic nitrogens is 1. The molecule has 5 nitrogen and oxygen atoms in total. The average molecular weight is 253 g/mol. The summed E-state index contributed by atoms with van der Waals surface area (Å²) in [5.41, 5.74) is 1.95. The highest BCUT2D eigenvalue weighted by Crippen LogP contribution is 2.17. The molecule has 0 unspecified atom stereocenters. The highest BCUT2D eigenvalue weighted by molar-refractivity contribution is 5.97. The summed E-state index contributed by atoms with van der Waals surface area (Å²) in [6.07, 6.45) is 1.37. The fraction of sp³-hybridized carbons (Fsp3) is 0.538. The van der Waals surface area contributed by atoms with Gasteiger partial charge in [-0.2, -0.15) is 4.73 Å². The van der Waals surface area contributed by atoms with Crippen LogP contribution in [0.3, 0.4) is 0 Å². The number of hydrogen-bond acceptors (Lipinski definition) is 4. The molecule has 0 N–H and O–H groups in total. The highest BCUT2D eigenvalue weighted by atomic mass is 16.6. The molecule has 0 aromatic carbocycles. The fourth-order valence-corrected chi connectivity index (χ4v) is 1.90. The van der Waals surface area contributed by atoms with Crippen LogP contribution in [0.1, 0.15) is 41.5 Å². The lowest BCUT2D eigenvalue weighted by atomic mass is 10.1. The predicted octanol–water partition coefficient (Wildman–Crippen LogP) is 1.55. The van der Waals surface area contributed by atoms with E-state index in [-0.39, 0.29) is 18.2 Å². The zero-order chi connectivity index (χ0) is 13.7. The highest BCUT2D eigenvalue weighted by Gasteiger charge is 2.19. The second-order valence-corrected chi connectivity index (χ2v) is 4.04. The van der Waals surface area contributed by atoms with Gasteiger partial charge >= 0.3 is 5.97 Å². The van der Waals surface area contributed by atoms with Crippen LogP contribution in [0.25, 0.3) is 0 Å². The SMILES string of the molecule is CCCC(=O)c1cc(CC(=O)OC)n(OC)c1C. The molecule has 0 atom stereocenters. The molecule has 0 spiro atoms. The maximum Gasteiger partial charge on any atom is 0.311 e. The third kappa shape index (κ3) is 2.91. The summed E-state index contributed by atoms with van der Waals surface area (Å²) in [5.74, 6) is -0.294. The van der Waals surface area contributed by atoms with E-state index in [4.69, 9.17) is 4.84 Å². The van der Waals surface area contributed by atoms with Crippen molar-refractivity contribution < 1.29 is 19.2 Å². The molecule has 0 aliphatic rings. The first-order valence-electron chi connectivity index (χ1n) is 5.90. The van der Waals surface area contributed by atoms with Crippen LogP contribution in [-0.2, 0) is 16.0 Å². The molecule has 0 aliphatic carbocycles. The minimum absolute atomic E-state index is 0.0666. The van der Waals surface area contributed by atoms with Gasteiger partial charge in [0.1, 0.15) is 7.11 Å². The van der Waals surface area contributed by atoms with E-state index in [1.165, 1.54) is 19.0 Å². The number of methoxy groups -OCH3 is 1. The van der Waals surface area contributed by atoms with Gasteiger partial charge in [-0.25, -0.2) is 0 Å². The lowest BCUT2D eigenvalue weighted by Gasteiger charge is -2.08. The van der Waals surface area contributed by atoms with E-state index in [1.54, 1.807) is 13.0 Å². The van der Waals surface area contributed by atoms with Crippen LogP contribution >= 0.6 is 0 Å². The number of ether oxygens (including phenoxy) is 1. The Bertz CT molecular complexity index is 448. The zero-order valence-electron chi connectivity index (χ0n) is 11.3. The Balaban J connectivity index is 3.08. The molecule has 1 aromatic heterocycles. The maximum absolute atomic E-state index is 11.9. The van der Waals surface area contributed by atoms with Crippen LogP contribution in [-0.4, -0.2) is 30.7 Å². The van der Waals surface area contributed by atoms with Gasteiger partial charge in [-0.05, 0) is 19.4 Å². The molecule has 18 heavy (non-hydrogen) atoms. The van der Waals surface area contributed by atoms with Crippen molar-refractivity contribution in [3.8, 4) is 0 Å². The van der Waals surface area contributed by atoms with E-state index < -0.39 is 0 Å². The fourth-order valence-electron chi connectivity index (χ4n) is 1.90. The zero-order valence-corrected chi connectivity index (χ0v) is 11.3. The summed E-state index contributed by atoms with van der Waals surface area (Å²) >= 11 is 0. The Hall–Kier alpha value is -1.78. The smallest absolute Gasteiger partial charge is 0.311 e. The van der Waals surface area contributed by atoms with E-state index in [1.807, 2.05) is 6.92 Å². The summed E-state index contributed by atoms with van der Waals surface area (Å²) in [5, 5.41) is 0. The first kappa shape index (κ1) is 14.3. The standard InChI is InChI=1S/C13H19NO4/c1-5-6-12(15)11-7-10(8-13(16)17-3)14(18-4)9(11)2/h7H,5-6,8H2,1-4H3. The van der Waals surface area contributed by atoms with Crippen LogP contribution < -0.4 is 4.84 Å². The number of Topliss-reactive ketones (excluding diaryl/α,β-unsaturated/α-hetero) is 1. The van der Waals surface area contributed by atoms with Gasteiger partial charge in [0.05, 0.1) is 24.9 Å². The van der Waals surface area contributed by atoms with Gasteiger partial charge < -0.3 is 9.57 Å². The summed E-state index contributed by atoms with van der Waals surface area (Å²) in [4.78, 5) is 28.4. The summed E-state index contributed by atoms with van der Waals surface area (Å²) in [6.45, 7) is 3.75. The largest absolute Gasteiger partial charge is 0.469 e. The Labute approximate surface area is 107 Å². The molecule has 0 radical (unpaired) electrons. The van der Waals surface area contributed by atoms with Gasteiger partial charge in [0.15, 0.2) is 5.78 Å². The molecule has 0 saturated heterocycles. The molecule has 1 aromatic rings. The average Bonchev–Trinajstić information content (AvgIpc) is 2.65. The number of esters is 1. The van der Waals surface area contributed by atoms with E-state index in [0.29, 0.717) is 17.7 Å². The first-order valence-corrected chi connectivity index (χ1v) is 5.90. The Morgan fingerprint density at radius 2 is 2.00 bits per heavy atom. The van der Waals surface area contributed by atoms with Crippen molar-refractivity contribution in [1.82, 2.24) is 4.73 Å². The summed E-state index contributed by atoms with van der Waals surface area (Å²) in [7, 11) is 2.83. The topological polar surface area (TPSA) is 57.5 Å². The molecule has 100 valence electrons. The van der Waals surface area contributed by atoms with Crippen molar-refractivity contribution in [2.24, 2.45) is 0 Å². The molecule has 0 amide bonds. The quantitative estimate of drug-likeness (QED) is 0.570. The van der Waals surface area contributed by atoms with E-state index in [9.17, 15) is 9.59 Å². The molecular weight excluding hydrogens is 234 g/mol. The third-order valence-electron chi connectivity index (χ3n) is 2.78. The molecule has 5 heteroatoms. The van der Waals surface area contributed by atoms with Gasteiger partial charge in [0.25, 0.3) is 0 Å². The molecule has 0 fully saturated rings. The van der Waals surface area contributed by atoms with Crippen molar-refractivity contribution >= 4 is 11.8 Å². The normalized spacial score (nSPS) is 10.2. The molecule has 1 rings (SSSR count). The lowest BCUT2D eigenvalue weighted by molar-refractivity contribution is -0.140. The van der Waals surface area contributed by atoms with E-state index in [0.717, 1.165) is 12.1 Å². The lowest BCUT2D eigenvalue weighted by Crippen LogP contribution is -2.15. The van der Waals surface area contributed by atoms with Crippen LogP contribution in [0.4, 0.5) is 0 Å². The Morgan fingerprint density at radius 3 is 2.50 bits per heavy atom. The minimum atomic E-state index is -0.361. The predicted molar refractivity (Wildman–Crippen MR) is 66.6 cm³/mol. The van der Waals surface area contributed by atoms with Gasteiger partial charge in [0.2, 0.25) is 0 Å². The summed E-state index contributed by atoms with van der Waals surface area (Å²) in [6, 6.07) is 1.70. The number of hydrogen-bond donors (Lipinski definition) is 0. The minimum Gasteiger partial charge on any atom is -0.469 e. The van der Waals surface area contributed by atoms with Crippen molar-refractivity contribution in [1.29, 1.82) is 0 Å². The van der Waals surface area contributed by atoms with E-state index in [2.05, 4.69) is 4.74 Å². The van der Waals surface area contributed by atoms with Crippen molar-refractivity contribution in [2.45, 2.75) is 33.1 Å². The van der Waals surface area contributed by atoms with Crippen molar-refractivity contribution in [2.75, 3.05) is 14.2 Å². The number of carbonyl (C=O) groups is 2. The van der Waals surface area contributed by atoms with Crippen LogP contribution in [0.2, 0.25) is 0 Å². The van der Waals surface area contributed by atoms with Crippen molar-refractivity contribution in [3.05, 3.63) is 23.0 Å². The Morgan fingerprint density at radius 1 is 1.33 bits per heavy atom. The number of carbonyl (C=O) groups excluding carboxylic acids is 2. The molecule has 0 aliphatic heterocycles. The maximum atomic E-state index is 11.9. The van der Waals surface area contributed by atoms with Gasteiger partial charge in [-0.1, -0.05) is 6.92 Å². The number of nitrogens with zero attached hydrogens (tertiary/aromatic N) is 1. The monoisotopic (exact) mass is 253 g/mol. The van der Waals surface area contributed by atoms with Crippen molar-refractivity contribution in [3.63, 3.8) is 0 Å². The van der Waals surface area contributed by atoms with Crippen LogP contribution in [0.15, 0.2) is 6.07 Å². The molecule has 0 saturated carbocycles. The summed E-state index contributed by atoms with van der Waals surface area (Å²) < 4.78 is 6.12. The van der Waals surface area contributed by atoms with E-state index >= 15 is 0 Å². The van der Waals surface area contributed by atoms with Gasteiger partial charge in [-0.15, -0.1) is 0 Å². The van der Waals surface area contributed by atoms with Gasteiger partial charge in [0, 0.05) is 12.0 Å².